The second-order valence-corrected chi connectivity index (χ2v) is 7.59. The Bertz CT molecular complexity index is 908. The Balaban J connectivity index is 1.31. The number of aromatic amines is 1. The van der Waals surface area contributed by atoms with Gasteiger partial charge in [-0.05, 0) is 24.8 Å². The maximum atomic E-state index is 12.2. The molecule has 1 saturated heterocycles. The SMILES string of the molecule is CN(CCCCCC1CC(c2ccccc2)NN1)C(=O)Cn1ccc(=O)[nH]c1=O. The van der Waals surface area contributed by atoms with Crippen LogP contribution in [0.4, 0.5) is 0 Å². The quantitative estimate of drug-likeness (QED) is 0.550. The van der Waals surface area contributed by atoms with Crippen molar-refractivity contribution in [2.24, 2.45) is 0 Å². The van der Waals surface area contributed by atoms with Gasteiger partial charge in [0.25, 0.3) is 5.56 Å². The average Bonchev–Trinajstić information content (AvgIpc) is 3.19. The van der Waals surface area contributed by atoms with Gasteiger partial charge in [0.05, 0.1) is 0 Å². The fraction of sp³-hybridized carbons (Fsp3) is 0.476. The molecule has 1 aromatic carbocycles. The van der Waals surface area contributed by atoms with Crippen molar-refractivity contribution >= 4 is 5.91 Å². The summed E-state index contributed by atoms with van der Waals surface area (Å²) in [4.78, 5) is 38.8. The Kier molecular flexibility index (Phi) is 7.37. The van der Waals surface area contributed by atoms with Gasteiger partial charge in [0.2, 0.25) is 5.91 Å². The van der Waals surface area contributed by atoms with E-state index in [4.69, 9.17) is 0 Å². The molecule has 2 unspecified atom stereocenters. The molecule has 0 saturated carbocycles. The van der Waals surface area contributed by atoms with Gasteiger partial charge in [0, 0.05) is 37.9 Å². The van der Waals surface area contributed by atoms with E-state index in [1.54, 1.807) is 11.9 Å². The standard InChI is InChI=1S/C21H29N5O3/c1-25(20(28)15-26-13-11-19(27)22-21(26)29)12-7-3-6-10-17-14-18(24-23-17)16-8-4-2-5-9-16/h2,4-5,8-9,11,13,17-18,23-24H,3,6-7,10,12,14-15H2,1H3,(H,22,27,29). The van der Waals surface area contributed by atoms with Crippen molar-refractivity contribution in [2.45, 2.75) is 50.7 Å². The number of benzene rings is 1. The monoisotopic (exact) mass is 399 g/mol. The minimum Gasteiger partial charge on any atom is -0.344 e. The van der Waals surface area contributed by atoms with Crippen molar-refractivity contribution in [1.29, 1.82) is 0 Å². The lowest BCUT2D eigenvalue weighted by Gasteiger charge is -2.18. The number of hydrazine groups is 1. The molecule has 2 aromatic rings. The zero-order valence-electron chi connectivity index (χ0n) is 16.8. The number of rotatable bonds is 9. The fourth-order valence-electron chi connectivity index (χ4n) is 3.59. The van der Waals surface area contributed by atoms with E-state index >= 15 is 0 Å². The largest absolute Gasteiger partial charge is 0.344 e. The minimum atomic E-state index is -0.564. The highest BCUT2D eigenvalue weighted by atomic mass is 16.2. The number of hydrogen-bond acceptors (Lipinski definition) is 5. The zero-order valence-corrected chi connectivity index (χ0v) is 16.8. The summed E-state index contributed by atoms with van der Waals surface area (Å²) < 4.78 is 1.21. The number of hydrogen-bond donors (Lipinski definition) is 3. The lowest BCUT2D eigenvalue weighted by atomic mass is 9.99. The van der Waals surface area contributed by atoms with Gasteiger partial charge in [-0.25, -0.2) is 4.79 Å². The van der Waals surface area contributed by atoms with Crippen molar-refractivity contribution in [1.82, 2.24) is 25.3 Å². The molecular weight excluding hydrogens is 370 g/mol. The third-order valence-electron chi connectivity index (χ3n) is 5.36. The number of likely N-dealkylation sites (N-methyl/N-ethyl adjacent to an activating group) is 1. The van der Waals surface area contributed by atoms with Crippen LogP contribution >= 0.6 is 0 Å². The van der Waals surface area contributed by atoms with Crippen molar-refractivity contribution in [2.75, 3.05) is 13.6 Å². The van der Waals surface area contributed by atoms with Crippen LogP contribution in [0.5, 0.6) is 0 Å². The predicted octanol–water partition coefficient (Wildman–Crippen LogP) is 1.16. The Morgan fingerprint density at radius 3 is 2.66 bits per heavy atom. The fourth-order valence-corrected chi connectivity index (χ4v) is 3.59. The van der Waals surface area contributed by atoms with Crippen LogP contribution in [-0.4, -0.2) is 40.0 Å². The molecule has 3 N–H and O–H groups in total. The van der Waals surface area contributed by atoms with E-state index in [2.05, 4.69) is 40.1 Å². The van der Waals surface area contributed by atoms with Gasteiger partial charge >= 0.3 is 5.69 Å². The number of carbonyl (C=O) groups excluding carboxylic acids is 1. The van der Waals surface area contributed by atoms with Crippen LogP contribution < -0.4 is 22.1 Å². The lowest BCUT2D eigenvalue weighted by Crippen LogP contribution is -2.36. The minimum absolute atomic E-state index is 0.0648. The number of carbonyl (C=O) groups is 1. The highest BCUT2D eigenvalue weighted by Crippen LogP contribution is 2.24. The second-order valence-electron chi connectivity index (χ2n) is 7.59. The molecule has 156 valence electrons. The van der Waals surface area contributed by atoms with Crippen LogP contribution in [0.15, 0.2) is 52.2 Å². The van der Waals surface area contributed by atoms with Crippen LogP contribution in [0.1, 0.15) is 43.7 Å². The van der Waals surface area contributed by atoms with Crippen molar-refractivity contribution in [3.63, 3.8) is 0 Å². The Labute approximate surface area is 169 Å². The van der Waals surface area contributed by atoms with Crippen LogP contribution in [0, 0.1) is 0 Å². The van der Waals surface area contributed by atoms with Crippen molar-refractivity contribution < 1.29 is 4.79 Å². The van der Waals surface area contributed by atoms with E-state index in [1.807, 2.05) is 6.07 Å². The van der Waals surface area contributed by atoms with E-state index in [0.29, 0.717) is 18.6 Å². The van der Waals surface area contributed by atoms with Crippen molar-refractivity contribution in [3.8, 4) is 0 Å². The lowest BCUT2D eigenvalue weighted by molar-refractivity contribution is -0.130. The molecule has 0 bridgehead atoms. The summed E-state index contributed by atoms with van der Waals surface area (Å²) in [6, 6.07) is 12.5. The predicted molar refractivity (Wildman–Crippen MR) is 111 cm³/mol. The normalized spacial score (nSPS) is 18.7. The molecule has 0 aliphatic carbocycles. The Morgan fingerprint density at radius 1 is 1.10 bits per heavy atom. The topological polar surface area (TPSA) is 99.2 Å². The molecule has 1 aliphatic rings. The van der Waals surface area contributed by atoms with Crippen LogP contribution in [0.25, 0.3) is 0 Å². The first-order valence-electron chi connectivity index (χ1n) is 10.1. The number of aromatic nitrogens is 2. The van der Waals surface area contributed by atoms with Gasteiger partial charge in [-0.1, -0.05) is 43.2 Å². The van der Waals surface area contributed by atoms with E-state index in [-0.39, 0.29) is 12.5 Å². The van der Waals surface area contributed by atoms with Gasteiger partial charge in [-0.3, -0.25) is 30.0 Å². The van der Waals surface area contributed by atoms with Gasteiger partial charge in [0.15, 0.2) is 0 Å². The molecular formula is C21H29N5O3. The highest BCUT2D eigenvalue weighted by Gasteiger charge is 2.24. The molecule has 2 atom stereocenters. The second kappa shape index (κ2) is 10.2. The molecule has 29 heavy (non-hydrogen) atoms. The highest BCUT2D eigenvalue weighted by molar-refractivity contribution is 5.75. The van der Waals surface area contributed by atoms with E-state index in [9.17, 15) is 14.4 Å². The van der Waals surface area contributed by atoms with Gasteiger partial charge in [0.1, 0.15) is 6.54 Å². The summed E-state index contributed by atoms with van der Waals surface area (Å²) in [6.07, 6.45) is 6.59. The first kappa shape index (κ1) is 21.0. The first-order valence-corrected chi connectivity index (χ1v) is 10.1. The smallest absolute Gasteiger partial charge is 0.328 e. The maximum absolute atomic E-state index is 12.2. The van der Waals surface area contributed by atoms with E-state index in [1.165, 1.54) is 22.4 Å². The molecule has 1 amide bonds. The summed E-state index contributed by atoms with van der Waals surface area (Å²) in [5.74, 6) is -0.147. The van der Waals surface area contributed by atoms with Crippen LogP contribution in [0.3, 0.4) is 0 Å². The van der Waals surface area contributed by atoms with Crippen molar-refractivity contribution in [3.05, 3.63) is 69.0 Å². The average molecular weight is 399 g/mol. The number of unbranched alkanes of at least 4 members (excludes halogenated alkanes) is 2. The molecule has 0 radical (unpaired) electrons. The summed E-state index contributed by atoms with van der Waals surface area (Å²) >= 11 is 0. The summed E-state index contributed by atoms with van der Waals surface area (Å²) in [6.45, 7) is 0.588. The molecule has 1 fully saturated rings. The maximum Gasteiger partial charge on any atom is 0.328 e. The van der Waals surface area contributed by atoms with Gasteiger partial charge < -0.3 is 4.90 Å². The number of amides is 1. The number of nitrogens with one attached hydrogen (secondary N) is 3. The molecule has 1 aromatic heterocycles. The van der Waals surface area contributed by atoms with E-state index in [0.717, 1.165) is 32.1 Å². The summed E-state index contributed by atoms with van der Waals surface area (Å²) in [5.41, 5.74) is 7.04. The molecule has 0 spiro atoms. The summed E-state index contributed by atoms with van der Waals surface area (Å²) in [7, 11) is 1.74. The van der Waals surface area contributed by atoms with Crippen LogP contribution in [-0.2, 0) is 11.3 Å². The van der Waals surface area contributed by atoms with Gasteiger partial charge in [-0.15, -0.1) is 0 Å². The van der Waals surface area contributed by atoms with E-state index < -0.39 is 11.2 Å². The molecule has 3 rings (SSSR count). The third-order valence-corrected chi connectivity index (χ3v) is 5.36. The Morgan fingerprint density at radius 2 is 1.90 bits per heavy atom. The molecule has 8 nitrogen and oxygen atoms in total. The zero-order chi connectivity index (χ0) is 20.6. The number of nitrogens with zero attached hydrogens (tertiary/aromatic N) is 2. The summed E-state index contributed by atoms with van der Waals surface area (Å²) in [5, 5.41) is 0. The Hall–Kier alpha value is -2.71. The number of H-pyrrole nitrogens is 1. The van der Waals surface area contributed by atoms with Crippen LogP contribution in [0.2, 0.25) is 0 Å². The third kappa shape index (κ3) is 6.13. The molecule has 8 heteroatoms. The molecule has 2 heterocycles. The molecule has 1 aliphatic heterocycles. The van der Waals surface area contributed by atoms with Gasteiger partial charge in [-0.2, -0.15) is 0 Å². The first-order chi connectivity index (χ1) is 14.0.